The standard InChI is InChI=1S/C13H26OSi/c1-7-8-9-10-11-12-14-15(5,6)13(2,3)4/h7,11-12H,1,8-10H2,2-6H3. The number of hydrogen-bond donors (Lipinski definition) is 0. The van der Waals surface area contributed by atoms with E-state index in [9.17, 15) is 0 Å². The summed E-state index contributed by atoms with van der Waals surface area (Å²) in [6, 6.07) is 0. The molecule has 1 nitrogen and oxygen atoms in total. The second-order valence-corrected chi connectivity index (χ2v) is 10.2. The van der Waals surface area contributed by atoms with Crippen molar-refractivity contribution in [1.82, 2.24) is 0 Å². The quantitative estimate of drug-likeness (QED) is 0.271. The van der Waals surface area contributed by atoms with Crippen LogP contribution in [0.4, 0.5) is 0 Å². The Labute approximate surface area is 96.4 Å². The summed E-state index contributed by atoms with van der Waals surface area (Å²) >= 11 is 0. The van der Waals surface area contributed by atoms with Gasteiger partial charge in [-0.2, -0.15) is 0 Å². The zero-order valence-electron chi connectivity index (χ0n) is 11.0. The highest BCUT2D eigenvalue weighted by Gasteiger charge is 2.37. The summed E-state index contributed by atoms with van der Waals surface area (Å²) in [5, 5.41) is 0.290. The molecule has 0 unspecified atom stereocenters. The van der Waals surface area contributed by atoms with Gasteiger partial charge in [0.05, 0.1) is 6.26 Å². The zero-order valence-corrected chi connectivity index (χ0v) is 12.0. The van der Waals surface area contributed by atoms with E-state index in [1.807, 2.05) is 12.3 Å². The van der Waals surface area contributed by atoms with Crippen LogP contribution in [0, 0.1) is 0 Å². The lowest BCUT2D eigenvalue weighted by Crippen LogP contribution is -2.39. The van der Waals surface area contributed by atoms with Gasteiger partial charge in [0.25, 0.3) is 0 Å². The highest BCUT2D eigenvalue weighted by molar-refractivity contribution is 6.74. The lowest BCUT2D eigenvalue weighted by Gasteiger charge is -2.34. The van der Waals surface area contributed by atoms with Gasteiger partial charge in [0, 0.05) is 0 Å². The summed E-state index contributed by atoms with van der Waals surface area (Å²) in [4.78, 5) is 0. The molecule has 0 bridgehead atoms. The van der Waals surface area contributed by atoms with Crippen molar-refractivity contribution >= 4 is 8.32 Å². The Hall–Kier alpha value is -0.503. The van der Waals surface area contributed by atoms with Gasteiger partial charge in [0.15, 0.2) is 0 Å². The van der Waals surface area contributed by atoms with E-state index in [0.29, 0.717) is 5.04 Å². The van der Waals surface area contributed by atoms with Crippen LogP contribution in [0.2, 0.25) is 18.1 Å². The molecule has 0 aromatic carbocycles. The molecule has 0 aromatic heterocycles. The van der Waals surface area contributed by atoms with Crippen molar-refractivity contribution in [2.75, 3.05) is 0 Å². The van der Waals surface area contributed by atoms with Crippen LogP contribution in [-0.2, 0) is 4.43 Å². The minimum atomic E-state index is -1.58. The van der Waals surface area contributed by atoms with Crippen LogP contribution in [0.25, 0.3) is 0 Å². The van der Waals surface area contributed by atoms with Crippen molar-refractivity contribution < 1.29 is 4.43 Å². The molecule has 0 fully saturated rings. The van der Waals surface area contributed by atoms with Crippen molar-refractivity contribution in [2.45, 2.75) is 58.2 Å². The van der Waals surface area contributed by atoms with E-state index < -0.39 is 8.32 Å². The number of unbranched alkanes of at least 4 members (excludes halogenated alkanes) is 2. The Kier molecular flexibility index (Phi) is 5.95. The van der Waals surface area contributed by atoms with Gasteiger partial charge in [-0.3, -0.25) is 0 Å². The monoisotopic (exact) mass is 226 g/mol. The van der Waals surface area contributed by atoms with E-state index in [1.54, 1.807) is 0 Å². The molecule has 0 N–H and O–H groups in total. The van der Waals surface area contributed by atoms with E-state index >= 15 is 0 Å². The van der Waals surface area contributed by atoms with Gasteiger partial charge in [-0.15, -0.1) is 6.58 Å². The molecule has 0 spiro atoms. The predicted molar refractivity (Wildman–Crippen MR) is 71.5 cm³/mol. The fraction of sp³-hybridized carbons (Fsp3) is 0.692. The molecule has 0 aliphatic rings. The molecule has 0 heterocycles. The van der Waals surface area contributed by atoms with Crippen molar-refractivity contribution in [3.63, 3.8) is 0 Å². The largest absolute Gasteiger partial charge is 0.549 e. The summed E-state index contributed by atoms with van der Waals surface area (Å²) in [5.74, 6) is 0. The maximum atomic E-state index is 5.91. The Balaban J connectivity index is 3.88. The first kappa shape index (κ1) is 14.5. The molecule has 0 aromatic rings. The molecular formula is C13H26OSi. The van der Waals surface area contributed by atoms with E-state index in [4.69, 9.17) is 4.43 Å². The third-order valence-corrected chi connectivity index (χ3v) is 7.38. The lowest BCUT2D eigenvalue weighted by atomic mass is 10.2. The first-order chi connectivity index (χ1) is 6.81. The summed E-state index contributed by atoms with van der Waals surface area (Å²) in [6.45, 7) is 15.0. The maximum absolute atomic E-state index is 5.91. The molecule has 0 amide bonds. The fourth-order valence-electron chi connectivity index (χ4n) is 0.843. The number of rotatable bonds is 6. The Morgan fingerprint density at radius 1 is 1.20 bits per heavy atom. The van der Waals surface area contributed by atoms with Gasteiger partial charge in [-0.1, -0.05) is 32.9 Å². The van der Waals surface area contributed by atoms with Crippen LogP contribution in [-0.4, -0.2) is 8.32 Å². The maximum Gasteiger partial charge on any atom is 0.249 e. The first-order valence-corrected chi connectivity index (χ1v) is 8.66. The van der Waals surface area contributed by atoms with Gasteiger partial charge >= 0.3 is 0 Å². The molecule has 0 saturated carbocycles. The lowest BCUT2D eigenvalue weighted by molar-refractivity contribution is 0.428. The van der Waals surface area contributed by atoms with Gasteiger partial charge in [0.1, 0.15) is 0 Å². The summed E-state index contributed by atoms with van der Waals surface area (Å²) in [5.41, 5.74) is 0. The fourth-order valence-corrected chi connectivity index (χ4v) is 1.63. The molecule has 0 aliphatic carbocycles. The Morgan fingerprint density at radius 2 is 1.80 bits per heavy atom. The zero-order chi connectivity index (χ0) is 11.9. The van der Waals surface area contributed by atoms with Gasteiger partial charge in [-0.25, -0.2) is 0 Å². The Morgan fingerprint density at radius 3 is 2.27 bits per heavy atom. The Bertz CT molecular complexity index is 211. The van der Waals surface area contributed by atoms with Gasteiger partial charge in [0.2, 0.25) is 8.32 Å². The highest BCUT2D eigenvalue weighted by Crippen LogP contribution is 2.36. The number of hydrogen-bond acceptors (Lipinski definition) is 1. The van der Waals surface area contributed by atoms with Crippen LogP contribution in [0.1, 0.15) is 40.0 Å². The molecular weight excluding hydrogens is 200 g/mol. The highest BCUT2D eigenvalue weighted by atomic mass is 28.4. The van der Waals surface area contributed by atoms with E-state index in [1.165, 1.54) is 6.42 Å². The molecule has 88 valence electrons. The predicted octanol–water partition coefficient (Wildman–Crippen LogP) is 4.88. The molecule has 0 saturated heterocycles. The molecule has 2 heteroatoms. The van der Waals surface area contributed by atoms with Crippen LogP contribution >= 0.6 is 0 Å². The van der Waals surface area contributed by atoms with Crippen molar-refractivity contribution in [1.29, 1.82) is 0 Å². The minimum Gasteiger partial charge on any atom is -0.549 e. The third kappa shape index (κ3) is 5.83. The van der Waals surface area contributed by atoms with Crippen molar-refractivity contribution in [2.24, 2.45) is 0 Å². The normalized spacial score (nSPS) is 13.1. The molecule has 0 rings (SSSR count). The van der Waals surface area contributed by atoms with E-state index in [0.717, 1.165) is 12.8 Å². The summed E-state index contributed by atoms with van der Waals surface area (Å²) in [7, 11) is -1.58. The smallest absolute Gasteiger partial charge is 0.249 e. The van der Waals surface area contributed by atoms with E-state index in [2.05, 4.69) is 46.5 Å². The van der Waals surface area contributed by atoms with Crippen molar-refractivity contribution in [3.05, 3.63) is 25.0 Å². The first-order valence-electron chi connectivity index (χ1n) is 5.75. The number of allylic oxidation sites excluding steroid dienone is 2. The SMILES string of the molecule is C=CCCCC=CO[Si](C)(C)C(C)(C)C. The van der Waals surface area contributed by atoms with Crippen LogP contribution in [0.3, 0.4) is 0 Å². The molecule has 0 aliphatic heterocycles. The second-order valence-electron chi connectivity index (χ2n) is 5.47. The molecule has 0 radical (unpaired) electrons. The van der Waals surface area contributed by atoms with Crippen LogP contribution in [0.5, 0.6) is 0 Å². The van der Waals surface area contributed by atoms with Gasteiger partial charge < -0.3 is 4.43 Å². The third-order valence-electron chi connectivity index (χ3n) is 3.04. The summed E-state index contributed by atoms with van der Waals surface area (Å²) < 4.78 is 5.91. The molecule has 15 heavy (non-hydrogen) atoms. The molecule has 0 atom stereocenters. The van der Waals surface area contributed by atoms with E-state index in [-0.39, 0.29) is 0 Å². The average Bonchev–Trinajstić information content (AvgIpc) is 2.09. The van der Waals surface area contributed by atoms with Crippen molar-refractivity contribution in [3.8, 4) is 0 Å². The average molecular weight is 226 g/mol. The topological polar surface area (TPSA) is 9.23 Å². The van der Waals surface area contributed by atoms with Gasteiger partial charge in [-0.05, 0) is 37.4 Å². The summed E-state index contributed by atoms with van der Waals surface area (Å²) in [6.07, 6.45) is 9.33. The second kappa shape index (κ2) is 6.16. The van der Waals surface area contributed by atoms with Crippen LogP contribution < -0.4 is 0 Å². The van der Waals surface area contributed by atoms with Crippen LogP contribution in [0.15, 0.2) is 25.0 Å². The minimum absolute atomic E-state index is 0.290.